The molecule has 1 heterocycles. The maximum atomic E-state index is 12.7. The molecule has 0 saturated carbocycles. The van der Waals surface area contributed by atoms with E-state index in [1.165, 1.54) is 18.1 Å². The minimum absolute atomic E-state index is 0.0499. The lowest BCUT2D eigenvalue weighted by molar-refractivity contribution is -0.144. The Kier molecular flexibility index (Phi) is 6.95. The minimum Gasteiger partial charge on any atom is -0.332 e. The summed E-state index contributed by atoms with van der Waals surface area (Å²) < 4.78 is 0. The van der Waals surface area contributed by atoms with Crippen molar-refractivity contribution in [3.63, 3.8) is 0 Å². The molecule has 1 fully saturated rings. The molecule has 2 amide bonds. The zero-order valence-electron chi connectivity index (χ0n) is 18.6. The van der Waals surface area contributed by atoms with E-state index in [9.17, 15) is 14.4 Å². The fourth-order valence-corrected chi connectivity index (χ4v) is 4.18. The summed E-state index contributed by atoms with van der Waals surface area (Å²) in [5.74, 6) is -1.26. The predicted molar refractivity (Wildman–Crippen MR) is 128 cm³/mol. The van der Waals surface area contributed by atoms with E-state index in [-0.39, 0.29) is 11.8 Å². The average Bonchev–Trinajstić information content (AvgIpc) is 2.86. The number of benzene rings is 3. The summed E-state index contributed by atoms with van der Waals surface area (Å²) in [6, 6.07) is 27.3. The number of ketones is 1. The monoisotopic (exact) mass is 441 g/mol. The number of carbonyl (C=O) groups excluding carboxylic acids is 3. The van der Waals surface area contributed by atoms with Crippen molar-refractivity contribution < 1.29 is 14.4 Å². The predicted octanol–water partition coefficient (Wildman–Crippen LogP) is 3.76. The standard InChI is InChI=1S/C27H27N3O3/c1-20(31)21-12-14-24(15-13-21)28-26(32)27(33)30-18-16-29(17-19-30)25(22-8-4-2-5-9-22)23-10-6-3-7-11-23/h2-15,25H,16-19H2,1H3,(H,28,32). The van der Waals surface area contributed by atoms with Crippen molar-refractivity contribution in [2.24, 2.45) is 0 Å². The van der Waals surface area contributed by atoms with Crippen LogP contribution in [0.15, 0.2) is 84.9 Å². The van der Waals surface area contributed by atoms with E-state index in [4.69, 9.17) is 0 Å². The lowest BCUT2D eigenvalue weighted by Crippen LogP contribution is -2.52. The summed E-state index contributed by atoms with van der Waals surface area (Å²) in [7, 11) is 0. The number of piperazine rings is 1. The first-order valence-electron chi connectivity index (χ1n) is 11.1. The highest BCUT2D eigenvalue weighted by molar-refractivity contribution is 6.39. The molecule has 1 N–H and O–H groups in total. The van der Waals surface area contributed by atoms with Gasteiger partial charge in [0.25, 0.3) is 0 Å². The zero-order chi connectivity index (χ0) is 23.2. The molecule has 1 saturated heterocycles. The zero-order valence-corrected chi connectivity index (χ0v) is 18.6. The molecule has 6 nitrogen and oxygen atoms in total. The number of hydrogen-bond acceptors (Lipinski definition) is 4. The number of nitrogens with zero attached hydrogens (tertiary/aromatic N) is 2. The van der Waals surface area contributed by atoms with Crippen LogP contribution in [-0.2, 0) is 9.59 Å². The average molecular weight is 442 g/mol. The Labute approximate surface area is 193 Å². The van der Waals surface area contributed by atoms with Crippen LogP contribution in [0, 0.1) is 0 Å². The Hall–Kier alpha value is -3.77. The smallest absolute Gasteiger partial charge is 0.313 e. The summed E-state index contributed by atoms with van der Waals surface area (Å²) in [5.41, 5.74) is 3.46. The summed E-state index contributed by atoms with van der Waals surface area (Å²) in [4.78, 5) is 40.6. The molecule has 1 aliphatic rings. The van der Waals surface area contributed by atoms with Gasteiger partial charge in [0.05, 0.1) is 6.04 Å². The van der Waals surface area contributed by atoms with Crippen molar-refractivity contribution in [3.8, 4) is 0 Å². The molecule has 0 atom stereocenters. The van der Waals surface area contributed by atoms with Crippen LogP contribution in [0.1, 0.15) is 34.5 Å². The first-order valence-corrected chi connectivity index (χ1v) is 11.1. The Morgan fingerprint density at radius 1 is 0.727 bits per heavy atom. The van der Waals surface area contributed by atoms with Gasteiger partial charge in [0.1, 0.15) is 0 Å². The molecule has 0 unspecified atom stereocenters. The molecular formula is C27H27N3O3. The molecule has 0 aliphatic carbocycles. The number of rotatable bonds is 5. The molecule has 33 heavy (non-hydrogen) atoms. The Balaban J connectivity index is 1.40. The SMILES string of the molecule is CC(=O)c1ccc(NC(=O)C(=O)N2CCN(C(c3ccccc3)c3ccccc3)CC2)cc1. The van der Waals surface area contributed by atoms with Crippen LogP contribution in [0.3, 0.4) is 0 Å². The summed E-state index contributed by atoms with van der Waals surface area (Å²) in [6.07, 6.45) is 0. The van der Waals surface area contributed by atoms with Crippen LogP contribution in [0.2, 0.25) is 0 Å². The Morgan fingerprint density at radius 2 is 1.24 bits per heavy atom. The molecule has 0 aromatic heterocycles. The first kappa shape index (κ1) is 22.4. The highest BCUT2D eigenvalue weighted by Crippen LogP contribution is 2.29. The van der Waals surface area contributed by atoms with E-state index in [1.54, 1.807) is 29.2 Å². The van der Waals surface area contributed by atoms with Gasteiger partial charge >= 0.3 is 11.8 Å². The third-order valence-electron chi connectivity index (χ3n) is 5.94. The lowest BCUT2D eigenvalue weighted by Gasteiger charge is -2.39. The molecule has 0 spiro atoms. The van der Waals surface area contributed by atoms with Crippen LogP contribution >= 0.6 is 0 Å². The molecular weight excluding hydrogens is 414 g/mol. The highest BCUT2D eigenvalue weighted by atomic mass is 16.2. The number of nitrogens with one attached hydrogen (secondary N) is 1. The van der Waals surface area contributed by atoms with E-state index in [0.717, 1.165) is 0 Å². The maximum Gasteiger partial charge on any atom is 0.313 e. The molecule has 168 valence electrons. The fourth-order valence-electron chi connectivity index (χ4n) is 4.18. The minimum atomic E-state index is -0.665. The number of anilines is 1. The van der Waals surface area contributed by atoms with Gasteiger partial charge in [-0.3, -0.25) is 19.3 Å². The van der Waals surface area contributed by atoms with Gasteiger partial charge in [-0.1, -0.05) is 60.7 Å². The lowest BCUT2D eigenvalue weighted by atomic mass is 9.96. The van der Waals surface area contributed by atoms with Crippen molar-refractivity contribution in [3.05, 3.63) is 102 Å². The van der Waals surface area contributed by atoms with Crippen LogP contribution < -0.4 is 5.32 Å². The van der Waals surface area contributed by atoms with Crippen LogP contribution in [0.5, 0.6) is 0 Å². The Morgan fingerprint density at radius 3 is 1.73 bits per heavy atom. The van der Waals surface area contributed by atoms with Crippen LogP contribution in [0.4, 0.5) is 5.69 Å². The topological polar surface area (TPSA) is 69.7 Å². The van der Waals surface area contributed by atoms with E-state index >= 15 is 0 Å². The number of hydrogen-bond donors (Lipinski definition) is 1. The summed E-state index contributed by atoms with van der Waals surface area (Å²) in [6.45, 7) is 3.77. The van der Waals surface area contributed by atoms with Crippen molar-refractivity contribution in [1.29, 1.82) is 0 Å². The summed E-state index contributed by atoms with van der Waals surface area (Å²) in [5, 5.41) is 2.64. The van der Waals surface area contributed by atoms with Crippen molar-refractivity contribution in [2.75, 3.05) is 31.5 Å². The van der Waals surface area contributed by atoms with E-state index in [1.807, 2.05) is 36.4 Å². The molecule has 1 aliphatic heterocycles. The number of carbonyl (C=O) groups is 3. The molecule has 0 bridgehead atoms. The van der Waals surface area contributed by atoms with E-state index in [0.29, 0.717) is 37.4 Å². The third-order valence-corrected chi connectivity index (χ3v) is 5.94. The maximum absolute atomic E-state index is 12.7. The van der Waals surface area contributed by atoms with Gasteiger partial charge in [-0.25, -0.2) is 0 Å². The highest BCUT2D eigenvalue weighted by Gasteiger charge is 2.30. The van der Waals surface area contributed by atoms with Gasteiger partial charge in [0.2, 0.25) is 0 Å². The largest absolute Gasteiger partial charge is 0.332 e. The molecule has 6 heteroatoms. The van der Waals surface area contributed by atoms with Gasteiger partial charge in [-0.05, 0) is 42.3 Å². The first-order chi connectivity index (χ1) is 16.0. The quantitative estimate of drug-likeness (QED) is 0.484. The van der Waals surface area contributed by atoms with Gasteiger partial charge in [-0.15, -0.1) is 0 Å². The van der Waals surface area contributed by atoms with Gasteiger partial charge in [0, 0.05) is 37.4 Å². The van der Waals surface area contributed by atoms with Crippen LogP contribution in [0.25, 0.3) is 0 Å². The van der Waals surface area contributed by atoms with Crippen molar-refractivity contribution in [1.82, 2.24) is 9.80 Å². The number of Topliss-reactive ketones (excluding diaryl/α,β-unsaturated/α-hetero) is 1. The Bertz CT molecular complexity index is 1070. The van der Waals surface area contributed by atoms with Gasteiger partial charge in [-0.2, -0.15) is 0 Å². The molecule has 3 aromatic rings. The summed E-state index contributed by atoms with van der Waals surface area (Å²) >= 11 is 0. The van der Waals surface area contributed by atoms with E-state index < -0.39 is 11.8 Å². The van der Waals surface area contributed by atoms with Gasteiger partial charge < -0.3 is 10.2 Å². The second-order valence-electron chi connectivity index (χ2n) is 8.14. The molecule has 0 radical (unpaired) electrons. The molecule has 3 aromatic carbocycles. The number of amides is 2. The van der Waals surface area contributed by atoms with Crippen molar-refractivity contribution >= 4 is 23.3 Å². The fraction of sp³-hybridized carbons (Fsp3) is 0.222. The molecule has 4 rings (SSSR count). The third kappa shape index (κ3) is 5.35. The second kappa shape index (κ2) is 10.2. The van der Waals surface area contributed by atoms with E-state index in [2.05, 4.69) is 34.5 Å². The van der Waals surface area contributed by atoms with Gasteiger partial charge in [0.15, 0.2) is 5.78 Å². The van der Waals surface area contributed by atoms with Crippen LogP contribution in [-0.4, -0.2) is 53.6 Å². The second-order valence-corrected chi connectivity index (χ2v) is 8.14. The van der Waals surface area contributed by atoms with Crippen molar-refractivity contribution in [2.45, 2.75) is 13.0 Å². The normalized spacial score (nSPS) is 14.2.